The minimum atomic E-state index is -0.198. The molecule has 0 saturated carbocycles. The number of esters is 1. The van der Waals surface area contributed by atoms with Crippen LogP contribution < -0.4 is 0 Å². The quantitative estimate of drug-likeness (QED) is 0.484. The highest BCUT2D eigenvalue weighted by atomic mass is 32.2. The van der Waals surface area contributed by atoms with Crippen molar-refractivity contribution in [1.29, 1.82) is 0 Å². The normalized spacial score (nSPS) is 9.00. The minimum absolute atomic E-state index is 0.198. The molecule has 0 fully saturated rings. The molecular formula is C6H10O2S2. The Bertz CT molecular complexity index is 118. The number of ether oxygens (including phenoxy) is 1. The second-order valence-electron chi connectivity index (χ2n) is 1.65. The minimum Gasteiger partial charge on any atom is -0.469 e. The van der Waals surface area contributed by atoms with Crippen LogP contribution in [-0.4, -0.2) is 23.5 Å². The van der Waals surface area contributed by atoms with Crippen LogP contribution in [0.1, 0.15) is 12.8 Å². The summed E-state index contributed by atoms with van der Waals surface area (Å²) >= 11 is 6.38. The molecule has 0 aliphatic carbocycles. The van der Waals surface area contributed by atoms with Crippen LogP contribution in [0.15, 0.2) is 0 Å². The summed E-state index contributed by atoms with van der Waals surface area (Å²) in [5.41, 5.74) is 0. The van der Waals surface area contributed by atoms with Gasteiger partial charge in [0.2, 0.25) is 0 Å². The molecule has 0 bridgehead atoms. The van der Waals surface area contributed by atoms with Gasteiger partial charge in [-0.15, -0.1) is 11.8 Å². The summed E-state index contributed by atoms with van der Waals surface area (Å²) in [6, 6.07) is 0. The number of thiocarbonyl (C=S) groups is 1. The lowest BCUT2D eigenvalue weighted by Gasteiger charge is -1.97. The summed E-state index contributed by atoms with van der Waals surface area (Å²) < 4.78 is 5.29. The number of carbonyl (C=O) groups is 1. The summed E-state index contributed by atoms with van der Waals surface area (Å²) in [5.74, 6) is -0.198. The molecule has 0 heterocycles. The third-order valence-electron chi connectivity index (χ3n) is 0.989. The van der Waals surface area contributed by atoms with E-state index in [1.165, 1.54) is 18.9 Å². The van der Waals surface area contributed by atoms with Crippen LogP contribution >= 0.6 is 24.0 Å². The Balaban J connectivity index is 3.35. The Morgan fingerprint density at radius 3 is 2.60 bits per heavy atom. The van der Waals surface area contributed by atoms with Crippen LogP contribution in [0.5, 0.6) is 0 Å². The van der Waals surface area contributed by atoms with Crippen molar-refractivity contribution >= 4 is 34.1 Å². The molecule has 0 rings (SSSR count). The van der Waals surface area contributed by atoms with E-state index in [0.717, 1.165) is 4.20 Å². The van der Waals surface area contributed by atoms with Crippen molar-refractivity contribution in [1.82, 2.24) is 0 Å². The standard InChI is InChI=1S/C6H10O2S2/c1-8-5(7)3-4-6(9)10-2/h3-4H2,1-2H3. The van der Waals surface area contributed by atoms with Crippen molar-refractivity contribution < 1.29 is 9.53 Å². The van der Waals surface area contributed by atoms with Crippen molar-refractivity contribution in [2.24, 2.45) is 0 Å². The fraction of sp³-hybridized carbons (Fsp3) is 0.667. The van der Waals surface area contributed by atoms with Crippen LogP contribution in [-0.2, 0) is 9.53 Å². The topological polar surface area (TPSA) is 26.3 Å². The predicted molar refractivity (Wildman–Crippen MR) is 47.4 cm³/mol. The summed E-state index contributed by atoms with van der Waals surface area (Å²) in [7, 11) is 1.38. The number of thioether (sulfide) groups is 1. The van der Waals surface area contributed by atoms with E-state index in [1.807, 2.05) is 6.26 Å². The molecule has 0 amide bonds. The van der Waals surface area contributed by atoms with Gasteiger partial charge in [-0.1, -0.05) is 12.2 Å². The van der Waals surface area contributed by atoms with E-state index in [2.05, 4.69) is 4.74 Å². The summed E-state index contributed by atoms with van der Waals surface area (Å²) in [6.45, 7) is 0. The van der Waals surface area contributed by atoms with Crippen molar-refractivity contribution in [3.05, 3.63) is 0 Å². The SMILES string of the molecule is COC(=O)CCC(=S)SC. The first kappa shape index (κ1) is 9.91. The average Bonchev–Trinajstić information content (AvgIpc) is 1.99. The van der Waals surface area contributed by atoms with E-state index in [-0.39, 0.29) is 5.97 Å². The molecule has 0 aliphatic heterocycles. The number of carbonyl (C=O) groups excluding carboxylic acids is 1. The van der Waals surface area contributed by atoms with E-state index in [1.54, 1.807) is 0 Å². The highest BCUT2D eigenvalue weighted by Crippen LogP contribution is 2.05. The van der Waals surface area contributed by atoms with Gasteiger partial charge in [0.25, 0.3) is 0 Å². The lowest BCUT2D eigenvalue weighted by molar-refractivity contribution is -0.140. The van der Waals surface area contributed by atoms with Gasteiger partial charge in [0.15, 0.2) is 0 Å². The summed E-state index contributed by atoms with van der Waals surface area (Å²) in [5, 5.41) is 0. The third kappa shape index (κ3) is 4.76. The lowest BCUT2D eigenvalue weighted by atomic mass is 10.3. The van der Waals surface area contributed by atoms with Crippen LogP contribution in [0.25, 0.3) is 0 Å². The highest BCUT2D eigenvalue weighted by molar-refractivity contribution is 8.22. The molecule has 0 radical (unpaired) electrons. The van der Waals surface area contributed by atoms with Crippen LogP contribution in [0.2, 0.25) is 0 Å². The van der Waals surface area contributed by atoms with E-state index in [4.69, 9.17) is 12.2 Å². The number of methoxy groups -OCH3 is 1. The third-order valence-corrected chi connectivity index (χ3v) is 2.35. The number of hydrogen-bond acceptors (Lipinski definition) is 4. The summed E-state index contributed by atoms with van der Waals surface area (Å²) in [4.78, 5) is 10.5. The van der Waals surface area contributed by atoms with Gasteiger partial charge >= 0.3 is 5.97 Å². The molecule has 4 heteroatoms. The van der Waals surface area contributed by atoms with Crippen molar-refractivity contribution in [3.63, 3.8) is 0 Å². The van der Waals surface area contributed by atoms with Gasteiger partial charge in [-0.2, -0.15) is 0 Å². The van der Waals surface area contributed by atoms with Gasteiger partial charge in [0.05, 0.1) is 13.5 Å². The van der Waals surface area contributed by atoms with Gasteiger partial charge < -0.3 is 4.74 Å². The maximum atomic E-state index is 10.5. The smallest absolute Gasteiger partial charge is 0.305 e. The molecule has 0 aromatic heterocycles. The fourth-order valence-corrected chi connectivity index (χ4v) is 0.816. The van der Waals surface area contributed by atoms with Crippen LogP contribution in [0, 0.1) is 0 Å². The van der Waals surface area contributed by atoms with Crippen LogP contribution in [0.3, 0.4) is 0 Å². The van der Waals surface area contributed by atoms with Gasteiger partial charge in [-0.25, -0.2) is 0 Å². The molecule has 0 unspecified atom stereocenters. The molecule has 2 nitrogen and oxygen atoms in total. The van der Waals surface area contributed by atoms with Crippen molar-refractivity contribution in [2.45, 2.75) is 12.8 Å². The first-order valence-electron chi connectivity index (χ1n) is 2.84. The first-order chi connectivity index (χ1) is 4.70. The van der Waals surface area contributed by atoms with Gasteiger partial charge in [0.1, 0.15) is 0 Å². The van der Waals surface area contributed by atoms with Gasteiger partial charge in [-0.05, 0) is 12.7 Å². The maximum Gasteiger partial charge on any atom is 0.305 e. The molecule has 0 N–H and O–H groups in total. The molecule has 0 spiro atoms. The lowest BCUT2D eigenvalue weighted by Crippen LogP contribution is -2.01. The Morgan fingerprint density at radius 2 is 2.20 bits per heavy atom. The zero-order valence-corrected chi connectivity index (χ0v) is 7.68. The molecule has 0 aliphatic rings. The molecule has 10 heavy (non-hydrogen) atoms. The Morgan fingerprint density at radius 1 is 1.60 bits per heavy atom. The molecule has 0 saturated heterocycles. The Kier molecular flexibility index (Phi) is 5.63. The molecule has 0 atom stereocenters. The Labute approximate surface area is 70.3 Å². The van der Waals surface area contributed by atoms with Gasteiger partial charge in [0, 0.05) is 4.20 Å². The first-order valence-corrected chi connectivity index (χ1v) is 4.47. The van der Waals surface area contributed by atoms with Crippen molar-refractivity contribution in [3.8, 4) is 0 Å². The maximum absolute atomic E-state index is 10.5. The zero-order chi connectivity index (χ0) is 7.98. The molecule has 0 aromatic rings. The largest absolute Gasteiger partial charge is 0.469 e. The fourth-order valence-electron chi connectivity index (χ4n) is 0.408. The Hall–Kier alpha value is -0.0900. The second kappa shape index (κ2) is 5.68. The number of hydrogen-bond donors (Lipinski definition) is 0. The van der Waals surface area contributed by atoms with E-state index in [9.17, 15) is 4.79 Å². The summed E-state index contributed by atoms with van der Waals surface area (Å²) in [6.07, 6.45) is 2.94. The molecule has 58 valence electrons. The highest BCUT2D eigenvalue weighted by Gasteiger charge is 2.01. The van der Waals surface area contributed by atoms with Crippen LogP contribution in [0.4, 0.5) is 0 Å². The van der Waals surface area contributed by atoms with E-state index < -0.39 is 0 Å². The van der Waals surface area contributed by atoms with E-state index in [0.29, 0.717) is 12.8 Å². The molecule has 0 aromatic carbocycles. The predicted octanol–water partition coefficient (Wildman–Crippen LogP) is 1.63. The average molecular weight is 178 g/mol. The molecular weight excluding hydrogens is 168 g/mol. The number of rotatable bonds is 3. The monoisotopic (exact) mass is 178 g/mol. The van der Waals surface area contributed by atoms with Crippen molar-refractivity contribution in [2.75, 3.05) is 13.4 Å². The van der Waals surface area contributed by atoms with Gasteiger partial charge in [-0.3, -0.25) is 4.79 Å². The van der Waals surface area contributed by atoms with E-state index >= 15 is 0 Å². The second-order valence-corrected chi connectivity index (χ2v) is 3.30. The zero-order valence-electron chi connectivity index (χ0n) is 6.05.